The largest absolute Gasteiger partial charge is 0.497 e. The SMILES string of the molecule is CCC(C)(O/N=C(\C(=O)NC1C(=O)N2C(C(=O)OCc3ccc(OC)cc3)=C(CCl)CSC12)c1csc(NC(c2ccccc2)(c2ccccc2)c2ccccc2)n1)C(=O)OC(c1ccccc1)c1ccccc1. The van der Waals surface area contributed by atoms with Gasteiger partial charge in [0.1, 0.15) is 40.7 Å². The molecule has 7 aromatic rings. The predicted octanol–water partition coefficient (Wildman–Crippen LogP) is 10.4. The Hall–Kier alpha value is -7.72. The Morgan fingerprint density at radius 1 is 0.797 bits per heavy atom. The molecule has 2 aliphatic heterocycles. The van der Waals surface area contributed by atoms with E-state index in [4.69, 9.17) is 35.6 Å². The number of esters is 2. The number of β-lactam (4-membered cyclic amide) rings is 1. The maximum Gasteiger partial charge on any atom is 0.355 e. The molecule has 3 heterocycles. The van der Waals surface area contributed by atoms with Gasteiger partial charge in [0.15, 0.2) is 16.9 Å². The third-order valence-corrected chi connectivity index (χ3v) is 15.4. The summed E-state index contributed by atoms with van der Waals surface area (Å²) in [5.74, 6) is -1.87. The van der Waals surface area contributed by atoms with E-state index in [2.05, 4.69) is 15.8 Å². The molecule has 1 fully saturated rings. The fraction of sp³-hybridized carbons (Fsp3) is 0.207. The van der Waals surface area contributed by atoms with Gasteiger partial charge in [-0.1, -0.05) is 176 Å². The van der Waals surface area contributed by atoms with E-state index in [0.29, 0.717) is 27.8 Å². The van der Waals surface area contributed by atoms with Crippen molar-refractivity contribution in [3.63, 3.8) is 0 Å². The lowest BCUT2D eigenvalue weighted by Gasteiger charge is -2.49. The Kier molecular flexibility index (Phi) is 15.9. The fourth-order valence-corrected chi connectivity index (χ4v) is 11.1. The van der Waals surface area contributed by atoms with E-state index in [0.717, 1.165) is 27.8 Å². The number of hydrogen-bond donors (Lipinski definition) is 2. The number of thioether (sulfide) groups is 1. The van der Waals surface area contributed by atoms with Crippen molar-refractivity contribution in [3.05, 3.63) is 232 Å². The van der Waals surface area contributed by atoms with Crippen LogP contribution in [0.15, 0.2) is 198 Å². The smallest absolute Gasteiger partial charge is 0.355 e. The topological polar surface area (TPSA) is 158 Å². The van der Waals surface area contributed by atoms with Gasteiger partial charge in [0.05, 0.1) is 7.11 Å². The van der Waals surface area contributed by atoms with E-state index in [1.807, 2.05) is 152 Å². The lowest BCUT2D eigenvalue weighted by atomic mass is 9.77. The minimum Gasteiger partial charge on any atom is -0.497 e. The minimum atomic E-state index is -1.71. The van der Waals surface area contributed by atoms with E-state index >= 15 is 0 Å². The highest BCUT2D eigenvalue weighted by atomic mass is 35.5. The first-order chi connectivity index (χ1) is 36.1. The maximum absolute atomic E-state index is 14.9. The molecule has 2 N–H and O–H groups in total. The molecule has 0 spiro atoms. The van der Waals surface area contributed by atoms with Gasteiger partial charge in [0, 0.05) is 17.0 Å². The van der Waals surface area contributed by atoms with E-state index in [1.54, 1.807) is 50.6 Å². The van der Waals surface area contributed by atoms with Crippen LogP contribution in [0.1, 0.15) is 65.4 Å². The van der Waals surface area contributed by atoms with Crippen LogP contribution in [0.3, 0.4) is 0 Å². The summed E-state index contributed by atoms with van der Waals surface area (Å²) in [7, 11) is 1.56. The van der Waals surface area contributed by atoms with E-state index < -0.39 is 52.4 Å². The molecule has 6 aromatic carbocycles. The number of thiazole rings is 1. The summed E-state index contributed by atoms with van der Waals surface area (Å²) in [5, 5.41) is 12.5. The Labute approximate surface area is 442 Å². The van der Waals surface area contributed by atoms with Crippen LogP contribution in [-0.4, -0.2) is 75.1 Å². The van der Waals surface area contributed by atoms with Crippen LogP contribution in [0.5, 0.6) is 5.75 Å². The third kappa shape index (κ3) is 10.7. The first-order valence-electron chi connectivity index (χ1n) is 23.9. The van der Waals surface area contributed by atoms with Gasteiger partial charge in [0.25, 0.3) is 11.8 Å². The van der Waals surface area contributed by atoms with Crippen molar-refractivity contribution in [1.82, 2.24) is 15.2 Å². The lowest BCUT2D eigenvalue weighted by Crippen LogP contribution is -2.71. The second-order valence-electron chi connectivity index (χ2n) is 17.6. The second-order valence-corrected chi connectivity index (χ2v) is 19.8. The molecule has 3 atom stereocenters. The van der Waals surface area contributed by atoms with Gasteiger partial charge in [-0.05, 0) is 64.4 Å². The predicted molar refractivity (Wildman–Crippen MR) is 288 cm³/mol. The summed E-state index contributed by atoms with van der Waals surface area (Å²) in [6, 6.07) is 54.7. The zero-order chi connectivity index (χ0) is 51.7. The average molecular weight is 1050 g/mol. The van der Waals surface area contributed by atoms with Gasteiger partial charge in [0.2, 0.25) is 5.60 Å². The quantitative estimate of drug-likeness (QED) is 0.0187. The first kappa shape index (κ1) is 51.2. The van der Waals surface area contributed by atoms with E-state index in [1.165, 1.54) is 28.0 Å². The summed E-state index contributed by atoms with van der Waals surface area (Å²) in [5.41, 5.74) is 2.68. The maximum atomic E-state index is 14.9. The molecule has 2 aliphatic rings. The van der Waals surface area contributed by atoms with Crippen molar-refractivity contribution < 1.29 is 38.2 Å². The summed E-state index contributed by atoms with van der Waals surface area (Å²) < 4.78 is 17.2. The molecule has 1 saturated heterocycles. The summed E-state index contributed by atoms with van der Waals surface area (Å²) in [4.78, 5) is 69.7. The highest BCUT2D eigenvalue weighted by Gasteiger charge is 2.55. The summed E-state index contributed by atoms with van der Waals surface area (Å²) >= 11 is 8.94. The molecule has 13 nitrogen and oxygen atoms in total. The molecule has 0 radical (unpaired) electrons. The van der Waals surface area contributed by atoms with Crippen molar-refractivity contribution in [2.75, 3.05) is 24.1 Å². The van der Waals surface area contributed by atoms with Gasteiger partial charge < -0.3 is 29.7 Å². The number of amides is 2. The zero-order valence-electron chi connectivity index (χ0n) is 40.7. The van der Waals surface area contributed by atoms with Crippen LogP contribution in [-0.2, 0) is 45.6 Å². The lowest BCUT2D eigenvalue weighted by molar-refractivity contribution is -0.175. The molecule has 74 heavy (non-hydrogen) atoms. The number of methoxy groups -OCH3 is 1. The van der Waals surface area contributed by atoms with Gasteiger partial charge >= 0.3 is 11.9 Å². The van der Waals surface area contributed by atoms with E-state index in [9.17, 15) is 19.2 Å². The fourth-order valence-electron chi connectivity index (χ4n) is 8.72. The molecule has 3 unspecified atom stereocenters. The number of carbonyl (C=O) groups excluding carboxylic acids is 4. The van der Waals surface area contributed by atoms with Crippen LogP contribution in [0.4, 0.5) is 5.13 Å². The first-order valence-corrected chi connectivity index (χ1v) is 26.3. The molecule has 9 rings (SSSR count). The molecule has 0 aliphatic carbocycles. The molecule has 0 bridgehead atoms. The van der Waals surface area contributed by atoms with Crippen molar-refractivity contribution in [1.29, 1.82) is 0 Å². The van der Waals surface area contributed by atoms with E-state index in [-0.39, 0.29) is 36.0 Å². The van der Waals surface area contributed by atoms with Crippen molar-refractivity contribution in [2.45, 2.75) is 55.5 Å². The number of carbonyl (C=O) groups is 4. The Bertz CT molecular complexity index is 3010. The number of nitrogens with one attached hydrogen (secondary N) is 2. The normalized spacial score (nSPS) is 16.3. The molecular weight excluding hydrogens is 994 g/mol. The van der Waals surface area contributed by atoms with Crippen LogP contribution in [0.25, 0.3) is 0 Å². The molecule has 0 saturated carbocycles. The van der Waals surface area contributed by atoms with Crippen molar-refractivity contribution >= 4 is 69.3 Å². The number of alkyl halides is 1. The van der Waals surface area contributed by atoms with Gasteiger partial charge in [-0.3, -0.25) is 14.5 Å². The van der Waals surface area contributed by atoms with Crippen LogP contribution in [0, 0.1) is 0 Å². The molecule has 1 aromatic heterocycles. The second kappa shape index (κ2) is 23.0. The number of halogens is 1. The van der Waals surface area contributed by atoms with Gasteiger partial charge in [-0.25, -0.2) is 14.6 Å². The highest BCUT2D eigenvalue weighted by molar-refractivity contribution is 8.00. The molecule has 16 heteroatoms. The average Bonchev–Trinajstić information content (AvgIpc) is 3.93. The summed E-state index contributed by atoms with van der Waals surface area (Å²) in [6.07, 6.45) is -0.685. The standard InChI is InChI=1S/C58H52ClN5O8S2/c1-4-57(2,55(68)71-50(39-20-10-5-11-21-39)40-22-12-6-13-23-40)72-63-47(46-37-74-56(60-46)62-58(42-24-14-7-15-25-42,43-26-16-8-17-27-43)44-28-18-9-19-29-44)51(65)61-48-52(66)64-49(41(34-59)36-73-53(48)64)54(67)70-35-38-30-32-45(69-3)33-31-38/h5-33,37,48,50,53H,4,34-36H2,1-3H3,(H,60,62)(H,61,65)/b63-47-. The number of anilines is 1. The third-order valence-electron chi connectivity index (χ3n) is 13.0. The van der Waals surface area contributed by atoms with Gasteiger partial charge in [-0.2, -0.15) is 0 Å². The van der Waals surface area contributed by atoms with Crippen molar-refractivity contribution in [3.8, 4) is 5.75 Å². The number of oxime groups is 1. The Morgan fingerprint density at radius 3 is 1.85 bits per heavy atom. The number of aromatic nitrogens is 1. The van der Waals surface area contributed by atoms with Crippen LogP contribution >= 0.6 is 34.7 Å². The number of rotatable bonds is 20. The number of fused-ring (bicyclic) bond motifs is 1. The number of benzene rings is 6. The number of nitrogens with zero attached hydrogens (tertiary/aromatic N) is 3. The number of hydrogen-bond acceptors (Lipinski definition) is 13. The zero-order valence-corrected chi connectivity index (χ0v) is 43.1. The van der Waals surface area contributed by atoms with Crippen molar-refractivity contribution in [2.24, 2.45) is 5.16 Å². The van der Waals surface area contributed by atoms with Crippen LogP contribution in [0.2, 0.25) is 0 Å². The van der Waals surface area contributed by atoms with Crippen LogP contribution < -0.4 is 15.4 Å². The molecule has 376 valence electrons. The van der Waals surface area contributed by atoms with Gasteiger partial charge in [-0.15, -0.1) is 34.7 Å². The highest BCUT2D eigenvalue weighted by Crippen LogP contribution is 2.43. The number of ether oxygens (including phenoxy) is 3. The molecular formula is C58H52ClN5O8S2. The minimum absolute atomic E-state index is 0.0159. The summed E-state index contributed by atoms with van der Waals surface area (Å²) in [6.45, 7) is 3.24. The Morgan fingerprint density at radius 2 is 1.34 bits per heavy atom. The molecule has 2 amide bonds. The monoisotopic (exact) mass is 1050 g/mol. The Balaban J connectivity index is 1.04.